The second kappa shape index (κ2) is 9.82. The van der Waals surface area contributed by atoms with E-state index >= 15 is 0 Å². The molecule has 1 rings (SSSR count). The third-order valence-electron chi connectivity index (χ3n) is 2.99. The third kappa shape index (κ3) is 7.92. The molecule has 2 amide bonds. The molecule has 11 nitrogen and oxygen atoms in total. The first kappa shape index (κ1) is 21.5. The van der Waals surface area contributed by atoms with Gasteiger partial charge in [0.05, 0.1) is 25.3 Å². The summed E-state index contributed by atoms with van der Waals surface area (Å²) in [5.74, 6) is -6.64. The van der Waals surface area contributed by atoms with E-state index in [1.54, 1.807) is 0 Å². The van der Waals surface area contributed by atoms with Crippen LogP contribution < -0.4 is 10.6 Å². The minimum absolute atomic E-state index is 0.176. The van der Waals surface area contributed by atoms with Crippen molar-refractivity contribution >= 4 is 35.4 Å². The number of amides is 2. The summed E-state index contributed by atoms with van der Waals surface area (Å²) in [4.78, 5) is 56.1. The van der Waals surface area contributed by atoms with Crippen molar-refractivity contribution in [2.24, 2.45) is 0 Å². The van der Waals surface area contributed by atoms with Gasteiger partial charge < -0.3 is 26.0 Å². The van der Waals surface area contributed by atoms with Crippen LogP contribution in [-0.4, -0.2) is 76.1 Å². The van der Waals surface area contributed by atoms with Crippen LogP contribution in [0.4, 0.5) is 10.1 Å². The molecule has 0 aromatic heterocycles. The van der Waals surface area contributed by atoms with E-state index in [-0.39, 0.29) is 11.3 Å². The van der Waals surface area contributed by atoms with Crippen LogP contribution in [0.25, 0.3) is 0 Å². The summed E-state index contributed by atoms with van der Waals surface area (Å²) in [6, 6.07) is 2.98. The van der Waals surface area contributed by atoms with Crippen LogP contribution in [0.3, 0.4) is 0 Å². The van der Waals surface area contributed by atoms with E-state index < -0.39 is 61.7 Å². The zero-order valence-corrected chi connectivity index (χ0v) is 13.8. The number of halogens is 1. The van der Waals surface area contributed by atoms with E-state index in [0.717, 1.165) is 23.1 Å². The summed E-state index contributed by atoms with van der Waals surface area (Å²) < 4.78 is 14.0. The van der Waals surface area contributed by atoms with Gasteiger partial charge in [0, 0.05) is 5.56 Å². The molecule has 0 aliphatic carbocycles. The highest BCUT2D eigenvalue weighted by Gasteiger charge is 2.18. The van der Waals surface area contributed by atoms with Crippen LogP contribution in [0.2, 0.25) is 0 Å². The minimum atomic E-state index is -1.34. The molecular weight excluding hydrogens is 369 g/mol. The van der Waals surface area contributed by atoms with Gasteiger partial charge in [-0.2, -0.15) is 0 Å². The van der Waals surface area contributed by atoms with E-state index in [0.29, 0.717) is 0 Å². The van der Waals surface area contributed by atoms with Gasteiger partial charge in [-0.15, -0.1) is 0 Å². The molecule has 5 N–H and O–H groups in total. The standard InChI is InChI=1S/C15H16FN3O8/c16-9-3-8(15(27)17-4-12(21)22)1-2-10(9)18-11(20)5-19(6-13(23)24)7-14(25)26/h1-3H,4-7H2,(H,17,27)(H,18,20)(H,21,22)(H,23,24)(H,25,26). The molecule has 12 heteroatoms. The van der Waals surface area contributed by atoms with Gasteiger partial charge in [-0.25, -0.2) is 4.39 Å². The van der Waals surface area contributed by atoms with E-state index in [1.165, 1.54) is 0 Å². The Hall–Kier alpha value is -3.54. The molecule has 0 spiro atoms. The summed E-state index contributed by atoms with van der Waals surface area (Å²) >= 11 is 0. The molecule has 1 aromatic rings. The maximum Gasteiger partial charge on any atom is 0.322 e. The average molecular weight is 385 g/mol. The third-order valence-corrected chi connectivity index (χ3v) is 2.99. The molecule has 0 radical (unpaired) electrons. The van der Waals surface area contributed by atoms with Crippen molar-refractivity contribution in [1.29, 1.82) is 0 Å². The molecule has 0 saturated carbocycles. The van der Waals surface area contributed by atoms with E-state index in [9.17, 15) is 28.4 Å². The number of aliphatic carboxylic acids is 3. The summed E-state index contributed by atoms with van der Waals surface area (Å²) in [5, 5.41) is 30.1. The summed E-state index contributed by atoms with van der Waals surface area (Å²) in [6.07, 6.45) is 0. The number of carbonyl (C=O) groups is 5. The Morgan fingerprint density at radius 2 is 1.52 bits per heavy atom. The molecule has 146 valence electrons. The van der Waals surface area contributed by atoms with E-state index in [1.807, 2.05) is 5.32 Å². The molecule has 0 bridgehead atoms. The largest absolute Gasteiger partial charge is 0.480 e. The number of nitrogens with one attached hydrogen (secondary N) is 2. The Balaban J connectivity index is 2.75. The van der Waals surface area contributed by atoms with Gasteiger partial charge in [-0.1, -0.05) is 0 Å². The maximum atomic E-state index is 14.0. The van der Waals surface area contributed by atoms with Crippen LogP contribution in [0.15, 0.2) is 18.2 Å². The molecule has 0 aliphatic heterocycles. The van der Waals surface area contributed by atoms with Crippen molar-refractivity contribution in [3.8, 4) is 0 Å². The molecule has 0 atom stereocenters. The van der Waals surface area contributed by atoms with Crippen LogP contribution in [0.1, 0.15) is 10.4 Å². The van der Waals surface area contributed by atoms with Crippen molar-refractivity contribution in [1.82, 2.24) is 10.2 Å². The minimum Gasteiger partial charge on any atom is -0.480 e. The first-order valence-electron chi connectivity index (χ1n) is 7.33. The number of hydrogen-bond acceptors (Lipinski definition) is 6. The van der Waals surface area contributed by atoms with Gasteiger partial charge in [0.15, 0.2) is 0 Å². The SMILES string of the molecule is O=C(O)CNC(=O)c1ccc(NC(=O)CN(CC(=O)O)CC(=O)O)c(F)c1. The fraction of sp³-hybridized carbons (Fsp3) is 0.267. The average Bonchev–Trinajstić information content (AvgIpc) is 2.53. The first-order chi connectivity index (χ1) is 12.6. The molecule has 0 unspecified atom stereocenters. The number of carboxylic acid groups (broad SMARTS) is 3. The zero-order valence-electron chi connectivity index (χ0n) is 13.8. The second-order valence-corrected chi connectivity index (χ2v) is 5.25. The van der Waals surface area contributed by atoms with Gasteiger partial charge in [-0.05, 0) is 18.2 Å². The second-order valence-electron chi connectivity index (χ2n) is 5.25. The predicted octanol–water partition coefficient (Wildman–Crippen LogP) is -0.950. The fourth-order valence-corrected chi connectivity index (χ4v) is 1.96. The maximum absolute atomic E-state index is 14.0. The van der Waals surface area contributed by atoms with Gasteiger partial charge in [0.25, 0.3) is 5.91 Å². The highest BCUT2D eigenvalue weighted by Crippen LogP contribution is 2.16. The Kier molecular flexibility index (Phi) is 7.82. The number of carbonyl (C=O) groups excluding carboxylic acids is 2. The Morgan fingerprint density at radius 3 is 2.00 bits per heavy atom. The number of benzene rings is 1. The van der Waals surface area contributed by atoms with Crippen LogP contribution in [-0.2, 0) is 19.2 Å². The quantitative estimate of drug-likeness (QED) is 0.340. The molecule has 0 fully saturated rings. The highest BCUT2D eigenvalue weighted by atomic mass is 19.1. The predicted molar refractivity (Wildman–Crippen MR) is 86.7 cm³/mol. The lowest BCUT2D eigenvalue weighted by Gasteiger charge is -2.17. The lowest BCUT2D eigenvalue weighted by Crippen LogP contribution is -2.40. The lowest BCUT2D eigenvalue weighted by molar-refractivity contribution is -0.142. The molecule has 0 aliphatic rings. The highest BCUT2D eigenvalue weighted by molar-refractivity contribution is 5.97. The molecule has 0 saturated heterocycles. The summed E-state index contributed by atoms with van der Waals surface area (Å²) in [5.41, 5.74) is -0.495. The smallest absolute Gasteiger partial charge is 0.322 e. The molecule has 0 heterocycles. The van der Waals surface area contributed by atoms with Crippen LogP contribution in [0.5, 0.6) is 0 Å². The number of hydrogen-bond donors (Lipinski definition) is 5. The Morgan fingerprint density at radius 1 is 0.926 bits per heavy atom. The number of nitrogens with zero attached hydrogens (tertiary/aromatic N) is 1. The lowest BCUT2D eigenvalue weighted by atomic mass is 10.2. The number of anilines is 1. The Bertz CT molecular complexity index is 751. The van der Waals surface area contributed by atoms with Gasteiger partial charge in [-0.3, -0.25) is 28.9 Å². The topological polar surface area (TPSA) is 173 Å². The van der Waals surface area contributed by atoms with Crippen LogP contribution >= 0.6 is 0 Å². The first-order valence-corrected chi connectivity index (χ1v) is 7.33. The van der Waals surface area contributed by atoms with Gasteiger partial charge in [0.2, 0.25) is 5.91 Å². The molecule has 1 aromatic carbocycles. The Labute approximate surface area is 151 Å². The van der Waals surface area contributed by atoms with E-state index in [2.05, 4.69) is 5.32 Å². The zero-order chi connectivity index (χ0) is 20.6. The van der Waals surface area contributed by atoms with Gasteiger partial charge in [0.1, 0.15) is 12.4 Å². The fourth-order valence-electron chi connectivity index (χ4n) is 1.96. The summed E-state index contributed by atoms with van der Waals surface area (Å²) in [6.45, 7) is -2.67. The number of carboxylic acids is 3. The van der Waals surface area contributed by atoms with Crippen molar-refractivity contribution in [2.75, 3.05) is 31.5 Å². The van der Waals surface area contributed by atoms with Gasteiger partial charge >= 0.3 is 17.9 Å². The van der Waals surface area contributed by atoms with Crippen molar-refractivity contribution < 1.29 is 43.7 Å². The molecular formula is C15H16FN3O8. The number of rotatable bonds is 10. The summed E-state index contributed by atoms with van der Waals surface area (Å²) in [7, 11) is 0. The normalized spacial score (nSPS) is 10.3. The van der Waals surface area contributed by atoms with Crippen molar-refractivity contribution in [2.45, 2.75) is 0 Å². The van der Waals surface area contributed by atoms with Crippen LogP contribution in [0, 0.1) is 5.82 Å². The monoisotopic (exact) mass is 385 g/mol. The van der Waals surface area contributed by atoms with Crippen molar-refractivity contribution in [3.63, 3.8) is 0 Å². The molecule has 27 heavy (non-hydrogen) atoms. The van der Waals surface area contributed by atoms with E-state index in [4.69, 9.17) is 15.3 Å². The van der Waals surface area contributed by atoms with Crippen molar-refractivity contribution in [3.05, 3.63) is 29.6 Å².